The van der Waals surface area contributed by atoms with Gasteiger partial charge in [0, 0.05) is 6.54 Å². The Morgan fingerprint density at radius 3 is 2.62 bits per heavy atom. The van der Waals surface area contributed by atoms with Gasteiger partial charge in [-0.3, -0.25) is 4.79 Å². The number of hydrogen-bond acceptors (Lipinski definition) is 3. The molecule has 86 valence electrons. The van der Waals surface area contributed by atoms with Crippen LogP contribution < -0.4 is 10.6 Å². The van der Waals surface area contributed by atoms with Gasteiger partial charge in [-0.2, -0.15) is 0 Å². The Bertz CT molecular complexity index is 391. The molecule has 5 nitrogen and oxygen atoms in total. The van der Waals surface area contributed by atoms with Crippen LogP contribution in [0, 0.1) is 0 Å². The Balaban J connectivity index is 2.66. The molecule has 0 unspecified atom stereocenters. The number of rotatable bonds is 5. The highest BCUT2D eigenvalue weighted by Crippen LogP contribution is 2.07. The molecule has 0 fully saturated rings. The van der Waals surface area contributed by atoms with E-state index in [9.17, 15) is 9.59 Å². The van der Waals surface area contributed by atoms with Gasteiger partial charge < -0.3 is 15.7 Å². The zero-order chi connectivity index (χ0) is 12.0. The fourth-order valence-corrected chi connectivity index (χ4v) is 1.30. The summed E-state index contributed by atoms with van der Waals surface area (Å²) >= 11 is 0. The van der Waals surface area contributed by atoms with Crippen LogP contribution in [0.2, 0.25) is 0 Å². The van der Waals surface area contributed by atoms with Crippen LogP contribution in [0.25, 0.3) is 0 Å². The van der Waals surface area contributed by atoms with Crippen LogP contribution in [0.5, 0.6) is 0 Å². The minimum atomic E-state index is -0.988. The number of nitrogens with one attached hydrogen (secondary N) is 2. The van der Waals surface area contributed by atoms with E-state index in [0.29, 0.717) is 5.56 Å². The van der Waals surface area contributed by atoms with Gasteiger partial charge in [-0.25, -0.2) is 4.79 Å². The third-order valence-corrected chi connectivity index (χ3v) is 2.06. The molecule has 1 amide bonds. The summed E-state index contributed by atoms with van der Waals surface area (Å²) in [5.74, 6) is -1.15. The minimum absolute atomic E-state index is 0.164. The summed E-state index contributed by atoms with van der Waals surface area (Å²) in [5.41, 5.74) is 0.812. The molecule has 0 aliphatic rings. The van der Waals surface area contributed by atoms with Gasteiger partial charge >= 0.3 is 5.97 Å². The van der Waals surface area contributed by atoms with Crippen LogP contribution in [0.3, 0.4) is 0 Å². The number of benzene rings is 1. The van der Waals surface area contributed by atoms with Crippen LogP contribution in [0.4, 0.5) is 0 Å². The number of carboxylic acids is 1. The predicted octanol–water partition coefficient (Wildman–Crippen LogP) is 0.220. The average Bonchev–Trinajstić information content (AvgIpc) is 2.27. The summed E-state index contributed by atoms with van der Waals surface area (Å²) in [5, 5.41) is 14.3. The summed E-state index contributed by atoms with van der Waals surface area (Å²) in [6, 6.07) is 6.60. The maximum absolute atomic E-state index is 11.2. The molecule has 0 saturated heterocycles. The monoisotopic (exact) mass is 222 g/mol. The second-order valence-corrected chi connectivity index (χ2v) is 3.27. The van der Waals surface area contributed by atoms with Crippen molar-refractivity contribution in [2.75, 3.05) is 13.6 Å². The first kappa shape index (κ1) is 12.2. The van der Waals surface area contributed by atoms with E-state index >= 15 is 0 Å². The lowest BCUT2D eigenvalue weighted by Gasteiger charge is -2.07. The molecule has 0 aliphatic carbocycles. The molecule has 1 rings (SSSR count). The van der Waals surface area contributed by atoms with E-state index in [1.54, 1.807) is 25.2 Å². The maximum atomic E-state index is 11.2. The summed E-state index contributed by atoms with van der Waals surface area (Å²) in [4.78, 5) is 22.0. The average molecular weight is 222 g/mol. The number of carboxylic acid groups (broad SMARTS) is 1. The SMILES string of the molecule is CNCC(=O)NCc1ccccc1C(=O)O. The Hall–Kier alpha value is -1.88. The number of hydrogen-bond donors (Lipinski definition) is 3. The first-order valence-electron chi connectivity index (χ1n) is 4.87. The molecule has 16 heavy (non-hydrogen) atoms. The number of aromatic carboxylic acids is 1. The Kier molecular flexibility index (Phi) is 4.47. The van der Waals surface area contributed by atoms with Crippen LogP contribution in [0.1, 0.15) is 15.9 Å². The Morgan fingerprint density at radius 2 is 2.00 bits per heavy atom. The van der Waals surface area contributed by atoms with Gasteiger partial charge in [0.1, 0.15) is 0 Å². The fourth-order valence-electron chi connectivity index (χ4n) is 1.30. The molecule has 0 atom stereocenters. The standard InChI is InChI=1S/C11H14N2O3/c1-12-7-10(14)13-6-8-4-2-3-5-9(8)11(15)16/h2-5,12H,6-7H2,1H3,(H,13,14)(H,15,16). The third-order valence-electron chi connectivity index (χ3n) is 2.06. The van der Waals surface area contributed by atoms with Gasteiger partial charge in [0.2, 0.25) is 5.91 Å². The van der Waals surface area contributed by atoms with E-state index < -0.39 is 5.97 Å². The summed E-state index contributed by atoms with van der Waals surface area (Å²) in [6.07, 6.45) is 0. The predicted molar refractivity (Wildman–Crippen MR) is 59.2 cm³/mol. The van der Waals surface area contributed by atoms with Crippen molar-refractivity contribution < 1.29 is 14.7 Å². The van der Waals surface area contributed by atoms with E-state index in [-0.39, 0.29) is 24.6 Å². The van der Waals surface area contributed by atoms with Gasteiger partial charge in [0.15, 0.2) is 0 Å². The lowest BCUT2D eigenvalue weighted by Crippen LogP contribution is -2.32. The number of likely N-dealkylation sites (N-methyl/N-ethyl adjacent to an activating group) is 1. The van der Waals surface area contributed by atoms with Crippen molar-refractivity contribution in [1.29, 1.82) is 0 Å². The van der Waals surface area contributed by atoms with Crippen molar-refractivity contribution in [2.24, 2.45) is 0 Å². The van der Waals surface area contributed by atoms with Crippen molar-refractivity contribution in [2.45, 2.75) is 6.54 Å². The van der Waals surface area contributed by atoms with Crippen LogP contribution in [-0.4, -0.2) is 30.6 Å². The maximum Gasteiger partial charge on any atom is 0.336 e. The van der Waals surface area contributed by atoms with E-state index in [4.69, 9.17) is 5.11 Å². The minimum Gasteiger partial charge on any atom is -0.478 e. The molecule has 0 radical (unpaired) electrons. The second kappa shape index (κ2) is 5.87. The number of carbonyl (C=O) groups is 2. The second-order valence-electron chi connectivity index (χ2n) is 3.27. The molecule has 0 aromatic heterocycles. The molecule has 0 bridgehead atoms. The third kappa shape index (κ3) is 3.36. The van der Waals surface area contributed by atoms with E-state index in [1.807, 2.05) is 0 Å². The van der Waals surface area contributed by atoms with Gasteiger partial charge in [0.05, 0.1) is 12.1 Å². The van der Waals surface area contributed by atoms with Crippen LogP contribution >= 0.6 is 0 Å². The summed E-state index contributed by atoms with van der Waals surface area (Å²) in [7, 11) is 1.67. The van der Waals surface area contributed by atoms with Crippen molar-refractivity contribution in [1.82, 2.24) is 10.6 Å². The van der Waals surface area contributed by atoms with Crippen molar-refractivity contribution in [3.8, 4) is 0 Å². The summed E-state index contributed by atoms with van der Waals surface area (Å²) < 4.78 is 0. The van der Waals surface area contributed by atoms with Crippen molar-refractivity contribution in [3.63, 3.8) is 0 Å². The van der Waals surface area contributed by atoms with Crippen molar-refractivity contribution >= 4 is 11.9 Å². The first-order chi connectivity index (χ1) is 7.65. The lowest BCUT2D eigenvalue weighted by molar-refractivity contribution is -0.120. The highest BCUT2D eigenvalue weighted by molar-refractivity contribution is 5.89. The highest BCUT2D eigenvalue weighted by Gasteiger charge is 2.09. The molecule has 0 heterocycles. The van der Waals surface area contributed by atoms with Gasteiger partial charge in [0.25, 0.3) is 0 Å². The smallest absolute Gasteiger partial charge is 0.336 e. The molecule has 0 spiro atoms. The fraction of sp³-hybridized carbons (Fsp3) is 0.273. The van der Waals surface area contributed by atoms with Crippen molar-refractivity contribution in [3.05, 3.63) is 35.4 Å². The molecule has 0 aliphatic heterocycles. The largest absolute Gasteiger partial charge is 0.478 e. The van der Waals surface area contributed by atoms with Gasteiger partial charge in [-0.15, -0.1) is 0 Å². The highest BCUT2D eigenvalue weighted by atomic mass is 16.4. The quantitative estimate of drug-likeness (QED) is 0.666. The zero-order valence-electron chi connectivity index (χ0n) is 8.99. The molecule has 3 N–H and O–H groups in total. The Morgan fingerprint density at radius 1 is 1.31 bits per heavy atom. The van der Waals surface area contributed by atoms with Gasteiger partial charge in [-0.1, -0.05) is 18.2 Å². The van der Waals surface area contributed by atoms with Gasteiger partial charge in [-0.05, 0) is 18.7 Å². The van der Waals surface area contributed by atoms with E-state index in [1.165, 1.54) is 6.07 Å². The van der Waals surface area contributed by atoms with E-state index in [2.05, 4.69) is 10.6 Å². The molecule has 0 saturated carbocycles. The Labute approximate surface area is 93.5 Å². The normalized spacial score (nSPS) is 9.81. The number of carbonyl (C=O) groups excluding carboxylic acids is 1. The molecule has 1 aromatic carbocycles. The molecule has 5 heteroatoms. The van der Waals surface area contributed by atoms with E-state index in [0.717, 1.165) is 0 Å². The zero-order valence-corrected chi connectivity index (χ0v) is 8.99. The molecular formula is C11H14N2O3. The topological polar surface area (TPSA) is 78.4 Å². The van der Waals surface area contributed by atoms with Crippen LogP contribution in [-0.2, 0) is 11.3 Å². The lowest BCUT2D eigenvalue weighted by atomic mass is 10.1. The first-order valence-corrected chi connectivity index (χ1v) is 4.87. The van der Waals surface area contributed by atoms with Crippen LogP contribution in [0.15, 0.2) is 24.3 Å². The molecule has 1 aromatic rings. The number of amides is 1. The summed E-state index contributed by atoms with van der Waals surface area (Å²) in [6.45, 7) is 0.443. The molecular weight excluding hydrogens is 208 g/mol.